The SMILES string of the molecule is OC[C@H]1O[C@@H]2O[C@H]3[C@H](O)[C@@H](O)[C@@H](O[C@H]4[C@H](O)[C@@H](O)[C@@H](O[C@H]5[C@H](O)[C@@H](O)[C@@H](O[C@H]6[C@H](O)[C@@H](O)[C@@H](O[C@H]7[C@H](O)[C@@H](O)[C@@H](O[C@H]8[C@H](O)[C@@H](O)[C@@H](O[C@H]1[C@H](O)[C@H]2O)O[C@@H]8CO)O[C@@H]7CO)O[C@@H]6CO)O[C@@H]5Cn1nncc1COc1ccc2ccc(O)cc2c1)O[C@@H]4CO)O[C@@H]3CO. The molecule has 1 aromatic heterocycles. The molecule has 35 atom stereocenters. The lowest BCUT2D eigenvalue weighted by atomic mass is 9.95. The Balaban J connectivity index is 0.892. The van der Waals surface area contributed by atoms with Crippen molar-refractivity contribution in [3.8, 4) is 11.5 Å². The predicted molar refractivity (Wildman–Crippen MR) is 291 cm³/mol. The largest absolute Gasteiger partial charge is 0.508 e. The number of hydrogen-bond donors (Lipinski definition) is 21. The van der Waals surface area contributed by atoms with Gasteiger partial charge in [0.05, 0.1) is 58.1 Å². The summed E-state index contributed by atoms with van der Waals surface area (Å²) in [5, 5.41) is 245. The molecule has 21 N–H and O–H groups in total. The molecule has 39 nitrogen and oxygen atoms in total. The van der Waals surface area contributed by atoms with Crippen LogP contribution < -0.4 is 4.74 Å². The number of aromatic hydroxyl groups is 1. The summed E-state index contributed by atoms with van der Waals surface area (Å²) in [5.74, 6) is 0.332. The van der Waals surface area contributed by atoms with Crippen molar-refractivity contribution in [2.24, 2.45) is 0 Å². The molecule has 530 valence electrons. The van der Waals surface area contributed by atoms with E-state index in [0.717, 1.165) is 5.39 Å². The number of fused-ring (bicyclic) bond motifs is 1. The van der Waals surface area contributed by atoms with Gasteiger partial charge in [0.2, 0.25) is 0 Å². The van der Waals surface area contributed by atoms with Crippen molar-refractivity contribution in [1.82, 2.24) is 15.0 Å². The van der Waals surface area contributed by atoms with Crippen LogP contribution in [0.1, 0.15) is 5.69 Å². The van der Waals surface area contributed by atoms with Crippen LogP contribution in [0.5, 0.6) is 11.5 Å². The third-order valence-electron chi connectivity index (χ3n) is 17.8. The van der Waals surface area contributed by atoms with Gasteiger partial charge in [0, 0.05) is 0 Å². The molecule has 22 heterocycles. The van der Waals surface area contributed by atoms with Gasteiger partial charge in [0.25, 0.3) is 0 Å². The molecular weight excluding hydrogens is 1280 g/mol. The first-order chi connectivity index (χ1) is 45.0. The van der Waals surface area contributed by atoms with Crippen LogP contribution in [-0.2, 0) is 79.5 Å². The summed E-state index contributed by atoms with van der Waals surface area (Å²) in [4.78, 5) is 0. The molecule has 0 spiro atoms. The minimum absolute atomic E-state index is 0.00231. The zero-order valence-corrected chi connectivity index (χ0v) is 49.3. The van der Waals surface area contributed by atoms with Crippen molar-refractivity contribution < 1.29 is 178 Å². The van der Waals surface area contributed by atoms with Crippen LogP contribution >= 0.6 is 0 Å². The van der Waals surface area contributed by atoms with Crippen LogP contribution in [0.25, 0.3) is 10.8 Å². The van der Waals surface area contributed by atoms with Crippen molar-refractivity contribution in [2.75, 3.05) is 39.6 Å². The number of benzene rings is 2. The molecule has 0 amide bonds. The Morgan fingerprint density at radius 1 is 0.330 bits per heavy atom. The Morgan fingerprint density at radius 3 is 0.904 bits per heavy atom. The van der Waals surface area contributed by atoms with Gasteiger partial charge in [-0.1, -0.05) is 17.3 Å². The molecule has 3 aromatic rings. The zero-order chi connectivity index (χ0) is 67.3. The van der Waals surface area contributed by atoms with Gasteiger partial charge in [-0.2, -0.15) is 0 Å². The molecule has 39 heteroatoms. The van der Waals surface area contributed by atoms with Gasteiger partial charge in [0.15, 0.2) is 44.0 Å². The number of aromatic nitrogens is 3. The number of nitrogens with zero attached hydrogens (tertiary/aromatic N) is 3. The molecule has 21 fully saturated rings. The van der Waals surface area contributed by atoms with Gasteiger partial charge in [-0.05, 0) is 35.0 Å². The summed E-state index contributed by atoms with van der Waals surface area (Å²) < 4.78 is 89.2. The standard InChI is InChI=1S/C55H79N3O36/c59-9-22-43-30(68)37(75)51(83-22)91-45-24(11-61)85-53(39(77)32(45)70)93-47-26(13-63)87-55(41(79)34(47)72)94-48-27(14-64)86-54(40(78)33(48)71)92-46-25(12-62)84-52(38(76)31(46)69)90-44-23(10-60)82-50(36(74)29(44)67)88-42-21(81-49(89-43)35(73)28(42)66)8-58-18(7-56-57-58)15-80-20-4-2-16-1-3-19(65)5-17(16)6-20/h1-7,21-55,59-79H,8-15H2/t21-,22-,23-,24-,25-,26-,27-,28-,29-,30-,31-,32-,33-,34-,35-,36-,37-,38-,39-,40-,41-,42-,43-,44-,45-,46-,47-,48-,49-,50-,51-,52-,53-,54-,55-/m1/s1. The number of aliphatic hydroxyl groups is 20. The molecule has 21 aliphatic heterocycles. The highest BCUT2D eigenvalue weighted by molar-refractivity contribution is 5.85. The number of hydrogen-bond acceptors (Lipinski definition) is 38. The number of aliphatic hydroxyl groups excluding tert-OH is 20. The quantitative estimate of drug-likeness (QED) is 0.0848. The Hall–Kier alpha value is -3.92. The maximum absolute atomic E-state index is 12.1. The average Bonchev–Trinajstić information content (AvgIpc) is 1.09. The molecule has 0 radical (unpaired) electrons. The minimum atomic E-state index is -2.26. The van der Waals surface area contributed by atoms with E-state index in [2.05, 4.69) is 10.3 Å². The molecule has 0 unspecified atom stereocenters. The number of phenolic OH excluding ortho intramolecular Hbond substituents is 1. The normalized spacial score (nSPS) is 47.5. The average molecular weight is 1360 g/mol. The lowest BCUT2D eigenvalue weighted by molar-refractivity contribution is -0.396. The molecule has 21 aliphatic rings. The summed E-state index contributed by atoms with van der Waals surface area (Å²) >= 11 is 0. The van der Waals surface area contributed by atoms with E-state index < -0.39 is 261 Å². The lowest BCUT2D eigenvalue weighted by Gasteiger charge is -2.50. The molecule has 21 saturated heterocycles. The molecule has 0 aliphatic carbocycles. The fourth-order valence-corrected chi connectivity index (χ4v) is 12.6. The second kappa shape index (κ2) is 30.3. The Bertz CT molecular complexity index is 2890. The van der Waals surface area contributed by atoms with Gasteiger partial charge in [-0.3, -0.25) is 0 Å². The molecule has 24 rings (SSSR count). The Labute approximate surface area is 530 Å². The summed E-state index contributed by atoms with van der Waals surface area (Å²) in [6.45, 7) is -7.18. The first-order valence-electron chi connectivity index (χ1n) is 30.1. The van der Waals surface area contributed by atoms with E-state index in [1.807, 2.05) is 0 Å². The molecular formula is C55H79N3O36. The van der Waals surface area contributed by atoms with E-state index in [1.165, 1.54) is 23.0 Å². The van der Waals surface area contributed by atoms with Crippen LogP contribution in [-0.4, -0.2) is 377 Å². The third kappa shape index (κ3) is 14.2. The first-order valence-corrected chi connectivity index (χ1v) is 30.1. The molecule has 0 saturated carbocycles. The Kier molecular flexibility index (Phi) is 23.0. The smallest absolute Gasteiger partial charge is 0.187 e. The van der Waals surface area contributed by atoms with Crippen molar-refractivity contribution in [1.29, 1.82) is 0 Å². The highest BCUT2D eigenvalue weighted by Gasteiger charge is 2.60. The van der Waals surface area contributed by atoms with E-state index in [9.17, 15) is 107 Å². The van der Waals surface area contributed by atoms with Crippen LogP contribution in [0.2, 0.25) is 0 Å². The maximum atomic E-state index is 12.1. The van der Waals surface area contributed by atoms with Gasteiger partial charge < -0.3 is 178 Å². The number of rotatable bonds is 11. The molecule has 94 heavy (non-hydrogen) atoms. The summed E-state index contributed by atoms with van der Waals surface area (Å²) in [5.41, 5.74) is 0.228. The third-order valence-corrected chi connectivity index (χ3v) is 17.8. The van der Waals surface area contributed by atoms with Crippen LogP contribution in [0, 0.1) is 0 Å². The number of ether oxygens (including phenoxy) is 15. The van der Waals surface area contributed by atoms with Crippen LogP contribution in [0.4, 0.5) is 0 Å². The van der Waals surface area contributed by atoms with Gasteiger partial charge >= 0.3 is 0 Å². The highest BCUT2D eigenvalue weighted by Crippen LogP contribution is 2.40. The summed E-state index contributed by atoms with van der Waals surface area (Å²) in [6, 6.07) is 9.76. The Morgan fingerprint density at radius 2 is 0.606 bits per heavy atom. The molecule has 14 bridgehead atoms. The van der Waals surface area contributed by atoms with Crippen molar-refractivity contribution in [3.05, 3.63) is 48.3 Å². The van der Waals surface area contributed by atoms with Crippen LogP contribution in [0.15, 0.2) is 42.6 Å². The lowest BCUT2D eigenvalue weighted by Crippen LogP contribution is -2.68. The van der Waals surface area contributed by atoms with Gasteiger partial charge in [-0.15, -0.1) is 5.10 Å². The zero-order valence-electron chi connectivity index (χ0n) is 49.3. The van der Waals surface area contributed by atoms with Gasteiger partial charge in [-0.25, -0.2) is 4.68 Å². The van der Waals surface area contributed by atoms with Crippen LogP contribution in [0.3, 0.4) is 0 Å². The van der Waals surface area contributed by atoms with E-state index in [4.69, 9.17) is 71.1 Å². The fraction of sp³-hybridized carbons (Fsp3) is 0.782. The van der Waals surface area contributed by atoms with Gasteiger partial charge in [0.1, 0.15) is 189 Å². The van der Waals surface area contributed by atoms with E-state index in [0.29, 0.717) is 11.1 Å². The fourth-order valence-electron chi connectivity index (χ4n) is 12.6. The number of phenols is 1. The monoisotopic (exact) mass is 1360 g/mol. The van der Waals surface area contributed by atoms with E-state index in [-0.39, 0.29) is 18.1 Å². The van der Waals surface area contributed by atoms with Crippen molar-refractivity contribution in [2.45, 2.75) is 228 Å². The highest BCUT2D eigenvalue weighted by atomic mass is 16.8. The van der Waals surface area contributed by atoms with Crippen molar-refractivity contribution >= 4 is 10.8 Å². The molecule has 2 aromatic carbocycles. The first kappa shape index (κ1) is 71.4. The maximum Gasteiger partial charge on any atom is 0.187 e. The predicted octanol–water partition coefficient (Wildman–Crippen LogP) is -12.5. The summed E-state index contributed by atoms with van der Waals surface area (Å²) in [6.07, 6.45) is -70.0. The summed E-state index contributed by atoms with van der Waals surface area (Å²) in [7, 11) is 0. The minimum Gasteiger partial charge on any atom is -0.508 e. The second-order valence-electron chi connectivity index (χ2n) is 23.9. The van der Waals surface area contributed by atoms with E-state index in [1.54, 1.807) is 24.3 Å². The topological polar surface area (TPSA) is 594 Å². The second-order valence-corrected chi connectivity index (χ2v) is 23.9. The van der Waals surface area contributed by atoms with E-state index >= 15 is 0 Å². The van der Waals surface area contributed by atoms with Crippen molar-refractivity contribution in [3.63, 3.8) is 0 Å².